The number of halogens is 1. The van der Waals surface area contributed by atoms with Crippen LogP contribution in [0, 0.1) is 6.92 Å². The highest BCUT2D eigenvalue weighted by atomic mass is 35.5. The van der Waals surface area contributed by atoms with E-state index in [4.69, 9.17) is 16.3 Å². The van der Waals surface area contributed by atoms with E-state index in [9.17, 15) is 4.79 Å². The Bertz CT molecular complexity index is 746. The summed E-state index contributed by atoms with van der Waals surface area (Å²) in [4.78, 5) is 17.1. The quantitative estimate of drug-likeness (QED) is 0.620. The minimum atomic E-state index is -0.451. The fraction of sp³-hybridized carbons (Fsp3) is 0.0667. The van der Waals surface area contributed by atoms with E-state index >= 15 is 0 Å². The molecule has 2 heterocycles. The Labute approximate surface area is 125 Å². The molecule has 0 atom stereocenters. The van der Waals surface area contributed by atoms with Gasteiger partial charge in [0.25, 0.3) is 0 Å². The molecular formula is C15H10ClNO2S. The molecule has 100 valence electrons. The molecule has 5 heteroatoms. The molecule has 20 heavy (non-hydrogen) atoms. The maximum Gasteiger partial charge on any atom is 0.363 e. The van der Waals surface area contributed by atoms with E-state index in [1.807, 2.05) is 30.5 Å². The van der Waals surface area contributed by atoms with Gasteiger partial charge in [0.15, 0.2) is 5.70 Å². The second kappa shape index (κ2) is 5.23. The zero-order chi connectivity index (χ0) is 14.1. The third-order valence-electron chi connectivity index (χ3n) is 2.89. The smallest absolute Gasteiger partial charge is 0.363 e. The van der Waals surface area contributed by atoms with Gasteiger partial charge in [-0.15, -0.1) is 11.3 Å². The maximum absolute atomic E-state index is 11.9. The Morgan fingerprint density at radius 2 is 2.10 bits per heavy atom. The van der Waals surface area contributed by atoms with E-state index in [2.05, 4.69) is 4.99 Å². The number of esters is 1. The van der Waals surface area contributed by atoms with Crippen LogP contribution in [0.2, 0.25) is 5.02 Å². The Balaban J connectivity index is 2.00. The molecule has 1 aromatic carbocycles. The van der Waals surface area contributed by atoms with Gasteiger partial charge in [0, 0.05) is 4.88 Å². The summed E-state index contributed by atoms with van der Waals surface area (Å²) in [5, 5.41) is 2.48. The van der Waals surface area contributed by atoms with Gasteiger partial charge in [-0.25, -0.2) is 9.79 Å². The van der Waals surface area contributed by atoms with Crippen molar-refractivity contribution in [2.24, 2.45) is 4.99 Å². The van der Waals surface area contributed by atoms with Crippen LogP contribution >= 0.6 is 22.9 Å². The van der Waals surface area contributed by atoms with Gasteiger partial charge >= 0.3 is 5.97 Å². The standard InChI is InChI=1S/C15H10ClNO2S/c1-9-6-7-20-13(9)8-12-15(18)19-14(17-12)10-4-2-3-5-11(10)16/h2-8H,1H3/b12-8-. The zero-order valence-corrected chi connectivity index (χ0v) is 12.2. The monoisotopic (exact) mass is 303 g/mol. The first-order valence-corrected chi connectivity index (χ1v) is 7.22. The van der Waals surface area contributed by atoms with Crippen LogP contribution in [0.4, 0.5) is 0 Å². The molecule has 3 nitrogen and oxygen atoms in total. The van der Waals surface area contributed by atoms with E-state index in [1.165, 1.54) is 0 Å². The highest BCUT2D eigenvalue weighted by Crippen LogP contribution is 2.25. The van der Waals surface area contributed by atoms with Crippen molar-refractivity contribution in [2.75, 3.05) is 0 Å². The molecule has 0 spiro atoms. The number of hydrogen-bond acceptors (Lipinski definition) is 4. The predicted octanol–water partition coefficient (Wildman–Crippen LogP) is 4.05. The number of cyclic esters (lactones) is 1. The molecule has 0 aliphatic carbocycles. The number of hydrogen-bond donors (Lipinski definition) is 0. The number of nitrogens with zero attached hydrogens (tertiary/aromatic N) is 1. The van der Waals surface area contributed by atoms with Crippen molar-refractivity contribution in [3.63, 3.8) is 0 Å². The topological polar surface area (TPSA) is 38.7 Å². The van der Waals surface area contributed by atoms with Crippen molar-refractivity contribution >= 4 is 40.9 Å². The molecule has 1 aliphatic rings. The van der Waals surface area contributed by atoms with Crippen LogP contribution in [-0.2, 0) is 9.53 Å². The summed E-state index contributed by atoms with van der Waals surface area (Å²) in [6.07, 6.45) is 1.74. The number of thiophene rings is 1. The molecule has 0 saturated carbocycles. The largest absolute Gasteiger partial charge is 0.402 e. The normalized spacial score (nSPS) is 16.4. The molecule has 0 N–H and O–H groups in total. The molecule has 2 aromatic rings. The van der Waals surface area contributed by atoms with Crippen LogP contribution in [-0.4, -0.2) is 11.9 Å². The van der Waals surface area contributed by atoms with Gasteiger partial charge in [-0.2, -0.15) is 0 Å². The number of ether oxygens (including phenoxy) is 1. The second-order valence-corrected chi connectivity index (χ2v) is 5.64. The molecule has 0 amide bonds. The lowest BCUT2D eigenvalue weighted by molar-refractivity contribution is -0.129. The lowest BCUT2D eigenvalue weighted by Gasteiger charge is -2.00. The van der Waals surface area contributed by atoms with E-state index < -0.39 is 5.97 Å². The Kier molecular flexibility index (Phi) is 3.42. The zero-order valence-electron chi connectivity index (χ0n) is 10.6. The minimum absolute atomic E-state index is 0.251. The summed E-state index contributed by atoms with van der Waals surface area (Å²) in [5.41, 5.74) is 2.02. The lowest BCUT2D eigenvalue weighted by atomic mass is 10.2. The molecule has 1 aliphatic heterocycles. The lowest BCUT2D eigenvalue weighted by Crippen LogP contribution is -2.05. The fourth-order valence-corrected chi connectivity index (χ4v) is 2.88. The van der Waals surface area contributed by atoms with Gasteiger partial charge in [-0.05, 0) is 42.1 Å². The number of carbonyl (C=O) groups is 1. The van der Waals surface area contributed by atoms with Crippen LogP contribution in [0.25, 0.3) is 6.08 Å². The SMILES string of the molecule is Cc1ccsc1/C=C1\N=C(c2ccccc2Cl)OC1=O. The third-order valence-corrected chi connectivity index (χ3v) is 4.19. The number of benzene rings is 1. The average Bonchev–Trinajstić information content (AvgIpc) is 2.98. The maximum atomic E-state index is 11.9. The Morgan fingerprint density at radius 3 is 2.80 bits per heavy atom. The van der Waals surface area contributed by atoms with Crippen LogP contribution in [0.1, 0.15) is 16.0 Å². The molecule has 0 radical (unpaired) electrons. The summed E-state index contributed by atoms with van der Waals surface area (Å²) in [6.45, 7) is 1.99. The minimum Gasteiger partial charge on any atom is -0.402 e. The second-order valence-electron chi connectivity index (χ2n) is 4.28. The predicted molar refractivity (Wildman–Crippen MR) is 81.1 cm³/mol. The number of aliphatic imine (C=N–C) groups is 1. The van der Waals surface area contributed by atoms with Gasteiger partial charge in [0.05, 0.1) is 10.6 Å². The van der Waals surface area contributed by atoms with Gasteiger partial charge in [0.1, 0.15) is 0 Å². The van der Waals surface area contributed by atoms with Gasteiger partial charge < -0.3 is 4.74 Å². The Hall–Kier alpha value is -1.91. The first kappa shape index (κ1) is 13.1. The van der Waals surface area contributed by atoms with E-state index in [1.54, 1.807) is 29.5 Å². The van der Waals surface area contributed by atoms with Gasteiger partial charge in [-0.3, -0.25) is 0 Å². The van der Waals surface area contributed by atoms with E-state index in [-0.39, 0.29) is 5.90 Å². The number of rotatable bonds is 2. The van der Waals surface area contributed by atoms with Crippen molar-refractivity contribution in [1.82, 2.24) is 0 Å². The molecule has 1 aromatic heterocycles. The summed E-state index contributed by atoms with van der Waals surface area (Å²) in [7, 11) is 0. The van der Waals surface area contributed by atoms with Gasteiger partial charge in [0.2, 0.25) is 5.90 Å². The average molecular weight is 304 g/mol. The molecule has 0 fully saturated rings. The summed E-state index contributed by atoms with van der Waals surface area (Å²) in [6, 6.07) is 9.14. The van der Waals surface area contributed by atoms with E-state index in [0.29, 0.717) is 16.3 Å². The van der Waals surface area contributed by atoms with Crippen LogP contribution < -0.4 is 0 Å². The van der Waals surface area contributed by atoms with Crippen molar-refractivity contribution in [3.05, 3.63) is 62.4 Å². The van der Waals surface area contributed by atoms with Crippen LogP contribution in [0.5, 0.6) is 0 Å². The van der Waals surface area contributed by atoms with Gasteiger partial charge in [-0.1, -0.05) is 23.7 Å². The number of aryl methyl sites for hydroxylation is 1. The first-order chi connectivity index (χ1) is 9.65. The van der Waals surface area contributed by atoms with Crippen LogP contribution in [0.3, 0.4) is 0 Å². The van der Waals surface area contributed by atoms with Crippen molar-refractivity contribution in [1.29, 1.82) is 0 Å². The van der Waals surface area contributed by atoms with Crippen LogP contribution in [0.15, 0.2) is 46.4 Å². The molecule has 0 saturated heterocycles. The summed E-state index contributed by atoms with van der Waals surface area (Å²) < 4.78 is 5.19. The summed E-state index contributed by atoms with van der Waals surface area (Å²) >= 11 is 7.64. The Morgan fingerprint density at radius 1 is 1.30 bits per heavy atom. The molecule has 0 unspecified atom stereocenters. The van der Waals surface area contributed by atoms with E-state index in [0.717, 1.165) is 10.4 Å². The molecule has 3 rings (SSSR count). The first-order valence-electron chi connectivity index (χ1n) is 5.97. The molecule has 0 bridgehead atoms. The molecular weight excluding hydrogens is 294 g/mol. The highest BCUT2D eigenvalue weighted by molar-refractivity contribution is 7.11. The highest BCUT2D eigenvalue weighted by Gasteiger charge is 2.25. The number of carbonyl (C=O) groups excluding carboxylic acids is 1. The van der Waals surface area contributed by atoms with Crippen molar-refractivity contribution in [2.45, 2.75) is 6.92 Å². The fourth-order valence-electron chi connectivity index (χ4n) is 1.82. The van der Waals surface area contributed by atoms with Crippen molar-refractivity contribution < 1.29 is 9.53 Å². The van der Waals surface area contributed by atoms with Crippen molar-refractivity contribution in [3.8, 4) is 0 Å². The summed E-state index contributed by atoms with van der Waals surface area (Å²) in [5.74, 6) is -0.200. The third kappa shape index (κ3) is 2.40.